The monoisotopic (exact) mass is 318 g/mol. The summed E-state index contributed by atoms with van der Waals surface area (Å²) >= 11 is 1.63. The number of hydrogen-bond acceptors (Lipinski definition) is 4. The maximum absolute atomic E-state index is 11.7. The molecule has 1 heterocycles. The molecule has 1 aromatic carbocycles. The number of nitrogens with one attached hydrogen (secondary N) is 1. The van der Waals surface area contributed by atoms with Gasteiger partial charge in [0.05, 0.1) is 10.7 Å². The van der Waals surface area contributed by atoms with Gasteiger partial charge in [-0.05, 0) is 30.5 Å². The Hall–Kier alpha value is -1.88. The lowest BCUT2D eigenvalue weighted by Gasteiger charge is -2.09. The molecule has 0 atom stereocenters. The zero-order valence-corrected chi connectivity index (χ0v) is 14.1. The Morgan fingerprint density at radius 3 is 2.64 bits per heavy atom. The maximum Gasteiger partial charge on any atom is 0.257 e. The summed E-state index contributed by atoms with van der Waals surface area (Å²) in [5, 5.41) is 5.91. The maximum atomic E-state index is 11.7. The lowest BCUT2D eigenvalue weighted by Crippen LogP contribution is -2.30. The van der Waals surface area contributed by atoms with E-state index in [1.54, 1.807) is 11.3 Å². The summed E-state index contributed by atoms with van der Waals surface area (Å²) in [6.07, 6.45) is 0.749. The summed E-state index contributed by atoms with van der Waals surface area (Å²) in [6, 6.07) is 7.87. The van der Waals surface area contributed by atoms with Crippen molar-refractivity contribution in [1.82, 2.24) is 10.3 Å². The number of aryl methyl sites for hydroxylation is 1. The average Bonchev–Trinajstić information content (AvgIpc) is 2.91. The number of nitrogens with zero attached hydrogens (tertiary/aromatic N) is 1. The normalized spacial score (nSPS) is 10.7. The van der Waals surface area contributed by atoms with Crippen LogP contribution < -0.4 is 10.1 Å². The average molecular weight is 318 g/mol. The molecule has 5 heteroatoms. The van der Waals surface area contributed by atoms with Crippen LogP contribution in [0.5, 0.6) is 5.75 Å². The smallest absolute Gasteiger partial charge is 0.257 e. The molecular weight excluding hydrogens is 296 g/mol. The highest BCUT2D eigenvalue weighted by atomic mass is 32.1. The third-order valence-corrected chi connectivity index (χ3v) is 4.11. The topological polar surface area (TPSA) is 51.2 Å². The van der Waals surface area contributed by atoms with Crippen LogP contribution in [-0.4, -0.2) is 24.0 Å². The van der Waals surface area contributed by atoms with Crippen molar-refractivity contribution in [1.29, 1.82) is 0 Å². The minimum atomic E-state index is -0.111. The number of carbonyl (C=O) groups is 1. The fraction of sp³-hybridized carbons (Fsp3) is 0.412. The van der Waals surface area contributed by atoms with Crippen LogP contribution >= 0.6 is 11.3 Å². The Balaban J connectivity index is 1.68. The van der Waals surface area contributed by atoms with E-state index in [1.165, 1.54) is 5.56 Å². The first kappa shape index (κ1) is 16.5. The van der Waals surface area contributed by atoms with Gasteiger partial charge < -0.3 is 10.1 Å². The van der Waals surface area contributed by atoms with Crippen molar-refractivity contribution in [3.05, 3.63) is 45.9 Å². The standard InChI is InChI=1S/C17H22N2O2S/c1-12(2)14-4-6-16(7-5-14)21-10-17(20)18-9-8-15-11-22-13(3)19-15/h4-7,11-12H,8-10H2,1-3H3,(H,18,20). The fourth-order valence-corrected chi connectivity index (χ4v) is 2.65. The molecule has 1 N–H and O–H groups in total. The van der Waals surface area contributed by atoms with Crippen LogP contribution in [-0.2, 0) is 11.2 Å². The van der Waals surface area contributed by atoms with E-state index in [4.69, 9.17) is 4.74 Å². The lowest BCUT2D eigenvalue weighted by molar-refractivity contribution is -0.123. The molecular formula is C17H22N2O2S. The fourth-order valence-electron chi connectivity index (χ4n) is 2.00. The molecule has 2 rings (SSSR count). The van der Waals surface area contributed by atoms with E-state index in [2.05, 4.69) is 24.1 Å². The Bertz CT molecular complexity index is 605. The highest BCUT2D eigenvalue weighted by Crippen LogP contribution is 2.18. The van der Waals surface area contributed by atoms with E-state index in [-0.39, 0.29) is 12.5 Å². The van der Waals surface area contributed by atoms with Gasteiger partial charge in [-0.3, -0.25) is 4.79 Å². The van der Waals surface area contributed by atoms with Gasteiger partial charge in [0, 0.05) is 18.3 Å². The third kappa shape index (κ3) is 5.15. The molecule has 0 aliphatic rings. The minimum absolute atomic E-state index is 0.0388. The Labute approximate surface area is 135 Å². The number of carbonyl (C=O) groups excluding carboxylic acids is 1. The van der Waals surface area contributed by atoms with Gasteiger partial charge in [-0.15, -0.1) is 11.3 Å². The molecule has 0 radical (unpaired) electrons. The van der Waals surface area contributed by atoms with Crippen molar-refractivity contribution >= 4 is 17.2 Å². The van der Waals surface area contributed by atoms with E-state index in [0.29, 0.717) is 12.5 Å². The zero-order chi connectivity index (χ0) is 15.9. The van der Waals surface area contributed by atoms with Gasteiger partial charge in [0.25, 0.3) is 5.91 Å². The van der Waals surface area contributed by atoms with E-state index in [0.717, 1.165) is 22.9 Å². The van der Waals surface area contributed by atoms with Crippen LogP contribution in [0.3, 0.4) is 0 Å². The first-order chi connectivity index (χ1) is 10.5. The van der Waals surface area contributed by atoms with Crippen molar-refractivity contribution in [2.24, 2.45) is 0 Å². The molecule has 0 unspecified atom stereocenters. The van der Waals surface area contributed by atoms with Crippen LogP contribution in [0.4, 0.5) is 0 Å². The second-order valence-corrected chi connectivity index (χ2v) is 6.53. The Morgan fingerprint density at radius 2 is 2.05 bits per heavy atom. The zero-order valence-electron chi connectivity index (χ0n) is 13.3. The quantitative estimate of drug-likeness (QED) is 0.852. The summed E-state index contributed by atoms with van der Waals surface area (Å²) in [5.41, 5.74) is 2.28. The Kier molecular flexibility index (Phi) is 5.95. The van der Waals surface area contributed by atoms with Gasteiger partial charge >= 0.3 is 0 Å². The van der Waals surface area contributed by atoms with Crippen LogP contribution in [0, 0.1) is 6.92 Å². The molecule has 4 nitrogen and oxygen atoms in total. The van der Waals surface area contributed by atoms with Crippen molar-refractivity contribution in [3.8, 4) is 5.75 Å². The lowest BCUT2D eigenvalue weighted by atomic mass is 10.0. The summed E-state index contributed by atoms with van der Waals surface area (Å²) in [6.45, 7) is 6.89. The molecule has 2 aromatic rings. The molecule has 0 spiro atoms. The number of thiazole rings is 1. The molecule has 0 aliphatic heterocycles. The van der Waals surface area contributed by atoms with Crippen molar-refractivity contribution in [2.45, 2.75) is 33.1 Å². The molecule has 1 aromatic heterocycles. The molecule has 1 amide bonds. The van der Waals surface area contributed by atoms with Gasteiger partial charge in [-0.2, -0.15) is 0 Å². The summed E-state index contributed by atoms with van der Waals surface area (Å²) < 4.78 is 5.48. The minimum Gasteiger partial charge on any atom is -0.484 e. The number of amides is 1. The van der Waals surface area contributed by atoms with Crippen molar-refractivity contribution in [2.75, 3.05) is 13.2 Å². The second kappa shape index (κ2) is 7.94. The number of hydrogen-bond donors (Lipinski definition) is 1. The van der Waals surface area contributed by atoms with Crippen molar-refractivity contribution in [3.63, 3.8) is 0 Å². The molecule has 0 saturated heterocycles. The van der Waals surface area contributed by atoms with Crippen LogP contribution in [0.2, 0.25) is 0 Å². The Morgan fingerprint density at radius 1 is 1.32 bits per heavy atom. The van der Waals surface area contributed by atoms with Gasteiger partial charge in [-0.25, -0.2) is 4.98 Å². The molecule has 22 heavy (non-hydrogen) atoms. The molecule has 0 saturated carbocycles. The molecule has 0 aliphatic carbocycles. The van der Waals surface area contributed by atoms with E-state index in [1.807, 2.05) is 36.6 Å². The number of benzene rings is 1. The highest BCUT2D eigenvalue weighted by Gasteiger charge is 2.04. The first-order valence-electron chi connectivity index (χ1n) is 7.45. The number of ether oxygens (including phenoxy) is 1. The van der Waals surface area contributed by atoms with Gasteiger partial charge in [0.15, 0.2) is 6.61 Å². The van der Waals surface area contributed by atoms with Crippen LogP contribution in [0.15, 0.2) is 29.6 Å². The summed E-state index contributed by atoms with van der Waals surface area (Å²) in [4.78, 5) is 16.1. The number of aromatic nitrogens is 1. The molecule has 118 valence electrons. The predicted molar refractivity (Wildman–Crippen MR) is 89.6 cm³/mol. The predicted octanol–water partition coefficient (Wildman–Crippen LogP) is 3.31. The largest absolute Gasteiger partial charge is 0.484 e. The van der Waals surface area contributed by atoms with Crippen LogP contribution in [0.25, 0.3) is 0 Å². The summed E-state index contributed by atoms with van der Waals surface area (Å²) in [5.74, 6) is 1.10. The van der Waals surface area contributed by atoms with Gasteiger partial charge in [0.2, 0.25) is 0 Å². The highest BCUT2D eigenvalue weighted by molar-refractivity contribution is 7.09. The third-order valence-electron chi connectivity index (χ3n) is 3.29. The van der Waals surface area contributed by atoms with E-state index < -0.39 is 0 Å². The van der Waals surface area contributed by atoms with Gasteiger partial charge in [0.1, 0.15) is 5.75 Å². The summed E-state index contributed by atoms with van der Waals surface area (Å²) in [7, 11) is 0. The molecule has 0 fully saturated rings. The SMILES string of the molecule is Cc1nc(CCNC(=O)COc2ccc(C(C)C)cc2)cs1. The van der Waals surface area contributed by atoms with E-state index in [9.17, 15) is 4.79 Å². The molecule has 0 bridgehead atoms. The first-order valence-corrected chi connectivity index (χ1v) is 8.33. The van der Waals surface area contributed by atoms with Gasteiger partial charge in [-0.1, -0.05) is 26.0 Å². The van der Waals surface area contributed by atoms with Crippen molar-refractivity contribution < 1.29 is 9.53 Å². The second-order valence-electron chi connectivity index (χ2n) is 5.47. The number of rotatable bonds is 7. The van der Waals surface area contributed by atoms with Crippen LogP contribution in [0.1, 0.15) is 36.0 Å². The van der Waals surface area contributed by atoms with E-state index >= 15 is 0 Å².